The molecular weight excluding hydrogens is 268 g/mol. The van der Waals surface area contributed by atoms with Gasteiger partial charge >= 0.3 is 6.03 Å². The summed E-state index contributed by atoms with van der Waals surface area (Å²) in [5, 5.41) is 11.8. The molecule has 0 aliphatic rings. The van der Waals surface area contributed by atoms with Gasteiger partial charge in [0.15, 0.2) is 0 Å². The zero-order chi connectivity index (χ0) is 13.0. The van der Waals surface area contributed by atoms with Crippen molar-refractivity contribution in [1.29, 1.82) is 0 Å². The number of thiophene rings is 1. The van der Waals surface area contributed by atoms with Crippen molar-refractivity contribution in [3.05, 3.63) is 47.3 Å². The van der Waals surface area contributed by atoms with Crippen molar-refractivity contribution in [2.45, 2.75) is 15.6 Å². The van der Waals surface area contributed by atoms with Crippen LogP contribution in [0.3, 0.4) is 0 Å². The molecule has 2 aromatic rings. The van der Waals surface area contributed by atoms with E-state index < -0.39 is 6.03 Å². The Morgan fingerprint density at radius 3 is 2.72 bits per heavy atom. The molecule has 6 heteroatoms. The third-order valence-corrected chi connectivity index (χ3v) is 4.48. The van der Waals surface area contributed by atoms with E-state index in [1.54, 1.807) is 23.1 Å². The summed E-state index contributed by atoms with van der Waals surface area (Å²) in [6.45, 7) is 0.105. The molecule has 1 aromatic carbocycles. The van der Waals surface area contributed by atoms with Gasteiger partial charge in [-0.25, -0.2) is 9.86 Å². The first-order chi connectivity index (χ1) is 8.66. The number of rotatable bonds is 4. The molecule has 0 fully saturated rings. The van der Waals surface area contributed by atoms with E-state index >= 15 is 0 Å². The number of nitrogens with two attached hydrogens (primary N) is 1. The van der Waals surface area contributed by atoms with Crippen LogP contribution in [0.2, 0.25) is 0 Å². The molecule has 0 saturated carbocycles. The molecule has 0 aliphatic heterocycles. The highest BCUT2D eigenvalue weighted by atomic mass is 32.2. The number of amides is 2. The standard InChI is InChI=1S/C12H12N2O2S2/c13-12(15)14(16)8-9-6-7-17-11(9)18-10-4-2-1-3-5-10/h1-7,16H,8H2,(H2,13,15). The molecular formula is C12H12N2O2S2. The van der Waals surface area contributed by atoms with Crippen LogP contribution in [-0.2, 0) is 6.54 Å². The fraction of sp³-hybridized carbons (Fsp3) is 0.0833. The molecule has 0 radical (unpaired) electrons. The van der Waals surface area contributed by atoms with Crippen LogP contribution >= 0.6 is 23.1 Å². The van der Waals surface area contributed by atoms with E-state index in [1.807, 2.05) is 41.8 Å². The number of hydrogen-bond acceptors (Lipinski definition) is 4. The van der Waals surface area contributed by atoms with E-state index in [4.69, 9.17) is 5.73 Å². The van der Waals surface area contributed by atoms with Gasteiger partial charge < -0.3 is 5.73 Å². The maximum atomic E-state index is 10.8. The van der Waals surface area contributed by atoms with Crippen LogP contribution in [-0.4, -0.2) is 16.3 Å². The van der Waals surface area contributed by atoms with Crippen LogP contribution in [0.4, 0.5) is 4.79 Å². The summed E-state index contributed by atoms with van der Waals surface area (Å²) in [4.78, 5) is 11.9. The van der Waals surface area contributed by atoms with Gasteiger partial charge in [0.05, 0.1) is 10.8 Å². The Morgan fingerprint density at radius 2 is 2.06 bits per heavy atom. The third kappa shape index (κ3) is 3.25. The van der Waals surface area contributed by atoms with Crippen molar-refractivity contribution in [2.75, 3.05) is 0 Å². The Kier molecular flexibility index (Phi) is 4.24. The van der Waals surface area contributed by atoms with Crippen LogP contribution in [0.15, 0.2) is 50.9 Å². The van der Waals surface area contributed by atoms with Gasteiger partial charge in [0, 0.05) is 4.90 Å². The van der Waals surface area contributed by atoms with Gasteiger partial charge in [-0.05, 0) is 29.1 Å². The smallest absolute Gasteiger partial charge is 0.338 e. The van der Waals surface area contributed by atoms with Gasteiger partial charge in [0.1, 0.15) is 0 Å². The number of nitrogens with zero attached hydrogens (tertiary/aromatic N) is 1. The fourth-order valence-electron chi connectivity index (χ4n) is 1.36. The van der Waals surface area contributed by atoms with Gasteiger partial charge in [-0.3, -0.25) is 5.21 Å². The summed E-state index contributed by atoms with van der Waals surface area (Å²) in [7, 11) is 0. The molecule has 0 saturated heterocycles. The Morgan fingerprint density at radius 1 is 1.33 bits per heavy atom. The third-order valence-electron chi connectivity index (χ3n) is 2.23. The van der Waals surface area contributed by atoms with Crippen LogP contribution in [0, 0.1) is 0 Å². The summed E-state index contributed by atoms with van der Waals surface area (Å²) in [6.07, 6.45) is 0. The molecule has 0 bridgehead atoms. The summed E-state index contributed by atoms with van der Waals surface area (Å²) >= 11 is 3.17. The van der Waals surface area contributed by atoms with Crippen molar-refractivity contribution >= 4 is 29.1 Å². The molecule has 0 spiro atoms. The van der Waals surface area contributed by atoms with Gasteiger partial charge in [-0.15, -0.1) is 11.3 Å². The Labute approximate surface area is 113 Å². The zero-order valence-electron chi connectivity index (χ0n) is 9.45. The van der Waals surface area contributed by atoms with Crippen molar-refractivity contribution in [3.63, 3.8) is 0 Å². The number of hydroxylamine groups is 2. The molecule has 3 N–H and O–H groups in total. The first kappa shape index (κ1) is 12.9. The molecule has 4 nitrogen and oxygen atoms in total. The molecule has 2 amide bonds. The lowest BCUT2D eigenvalue weighted by molar-refractivity contribution is -0.0474. The van der Waals surface area contributed by atoms with Crippen molar-refractivity contribution in [3.8, 4) is 0 Å². The summed E-state index contributed by atoms with van der Waals surface area (Å²) in [5.41, 5.74) is 5.87. The lowest BCUT2D eigenvalue weighted by atomic mass is 10.3. The molecule has 1 aromatic heterocycles. The highest BCUT2D eigenvalue weighted by Crippen LogP contribution is 2.35. The van der Waals surface area contributed by atoms with Crippen LogP contribution in [0.25, 0.3) is 0 Å². The molecule has 94 valence electrons. The quantitative estimate of drug-likeness (QED) is 0.667. The SMILES string of the molecule is NC(=O)N(O)Cc1ccsc1Sc1ccccc1. The largest absolute Gasteiger partial charge is 0.350 e. The second kappa shape index (κ2) is 5.90. The van der Waals surface area contributed by atoms with Crippen molar-refractivity contribution in [1.82, 2.24) is 5.06 Å². The van der Waals surface area contributed by atoms with E-state index in [0.717, 1.165) is 14.7 Å². The minimum absolute atomic E-state index is 0.105. The van der Waals surface area contributed by atoms with Gasteiger partial charge in [-0.2, -0.15) is 0 Å². The topological polar surface area (TPSA) is 66.6 Å². The molecule has 0 unspecified atom stereocenters. The molecule has 18 heavy (non-hydrogen) atoms. The highest BCUT2D eigenvalue weighted by molar-refractivity contribution is 8.01. The Hall–Kier alpha value is -1.50. The predicted molar refractivity (Wildman–Crippen MR) is 71.8 cm³/mol. The first-order valence-corrected chi connectivity index (χ1v) is 6.91. The highest BCUT2D eigenvalue weighted by Gasteiger charge is 2.12. The number of hydrogen-bond donors (Lipinski definition) is 2. The maximum absolute atomic E-state index is 10.8. The lowest BCUT2D eigenvalue weighted by Crippen LogP contribution is -2.31. The summed E-state index contributed by atoms with van der Waals surface area (Å²) < 4.78 is 1.04. The maximum Gasteiger partial charge on any atom is 0.338 e. The minimum Gasteiger partial charge on any atom is -0.350 e. The van der Waals surface area contributed by atoms with Gasteiger partial charge in [0.25, 0.3) is 0 Å². The van der Waals surface area contributed by atoms with E-state index in [0.29, 0.717) is 5.06 Å². The summed E-state index contributed by atoms with van der Waals surface area (Å²) in [6, 6.07) is 11.0. The minimum atomic E-state index is -0.850. The van der Waals surface area contributed by atoms with Crippen LogP contribution in [0.1, 0.15) is 5.56 Å². The van der Waals surface area contributed by atoms with E-state index in [9.17, 15) is 10.0 Å². The number of carbonyl (C=O) groups is 1. The predicted octanol–water partition coefficient (Wildman–Crippen LogP) is 3.17. The normalized spacial score (nSPS) is 10.3. The monoisotopic (exact) mass is 280 g/mol. The second-order valence-electron chi connectivity index (χ2n) is 3.54. The van der Waals surface area contributed by atoms with Crippen molar-refractivity contribution in [2.24, 2.45) is 5.73 Å². The second-order valence-corrected chi connectivity index (χ2v) is 5.80. The van der Waals surface area contributed by atoms with Crippen molar-refractivity contribution < 1.29 is 10.0 Å². The molecule has 0 aliphatic carbocycles. The average Bonchev–Trinajstić information content (AvgIpc) is 2.78. The molecule has 1 heterocycles. The van der Waals surface area contributed by atoms with Gasteiger partial charge in [-0.1, -0.05) is 30.0 Å². The number of carbonyl (C=O) groups excluding carboxylic acids is 1. The molecule has 2 rings (SSSR count). The van der Waals surface area contributed by atoms with Crippen LogP contribution in [0.5, 0.6) is 0 Å². The number of primary amides is 1. The number of urea groups is 1. The lowest BCUT2D eigenvalue weighted by Gasteiger charge is -2.11. The zero-order valence-corrected chi connectivity index (χ0v) is 11.1. The Balaban J connectivity index is 2.11. The fourth-order valence-corrected chi connectivity index (χ4v) is 3.42. The van der Waals surface area contributed by atoms with E-state index in [-0.39, 0.29) is 6.54 Å². The van der Waals surface area contributed by atoms with Gasteiger partial charge in [0.2, 0.25) is 0 Å². The van der Waals surface area contributed by atoms with Crippen LogP contribution < -0.4 is 5.73 Å². The average molecular weight is 280 g/mol. The molecule has 0 atom stereocenters. The summed E-state index contributed by atoms with van der Waals surface area (Å²) in [5.74, 6) is 0. The Bertz CT molecular complexity index is 528. The van der Waals surface area contributed by atoms with E-state index in [2.05, 4.69) is 0 Å². The first-order valence-electron chi connectivity index (χ1n) is 5.22. The van der Waals surface area contributed by atoms with E-state index in [1.165, 1.54) is 0 Å². The number of benzene rings is 1.